The minimum atomic E-state index is 0.470. The molecule has 5 nitrogen and oxygen atoms in total. The summed E-state index contributed by atoms with van der Waals surface area (Å²) in [4.78, 5) is 19.0. The van der Waals surface area contributed by atoms with Crippen molar-refractivity contribution in [1.82, 2.24) is 15.0 Å². The standard InChI is InChI=1S/C15H21N5S/c1-11-7-14(18-10-17-11)19(3)13-5-4-6-20(9-13)15-16-8-12(2)21-15/h7-8,10,13H,4-6,9H2,1-3H3. The van der Waals surface area contributed by atoms with Crippen molar-refractivity contribution in [3.05, 3.63) is 29.2 Å². The Hall–Kier alpha value is -1.69. The summed E-state index contributed by atoms with van der Waals surface area (Å²) in [5.41, 5.74) is 1.01. The third kappa shape index (κ3) is 3.15. The quantitative estimate of drug-likeness (QED) is 0.872. The van der Waals surface area contributed by atoms with Gasteiger partial charge in [-0.05, 0) is 26.7 Å². The summed E-state index contributed by atoms with van der Waals surface area (Å²) in [5, 5.41) is 1.14. The number of aryl methyl sites for hydroxylation is 2. The molecule has 0 spiro atoms. The zero-order valence-corrected chi connectivity index (χ0v) is 13.6. The Labute approximate surface area is 129 Å². The molecule has 3 heterocycles. The summed E-state index contributed by atoms with van der Waals surface area (Å²) in [6.45, 7) is 6.22. The van der Waals surface area contributed by atoms with Gasteiger partial charge in [0.05, 0.1) is 0 Å². The molecule has 0 amide bonds. The first-order valence-corrected chi connectivity index (χ1v) is 8.14. The SMILES string of the molecule is Cc1cc(N(C)C2CCCN(c3ncc(C)s3)C2)ncn1. The number of anilines is 2. The normalized spacial score (nSPS) is 18.8. The highest BCUT2D eigenvalue weighted by molar-refractivity contribution is 7.15. The first-order chi connectivity index (χ1) is 10.1. The molecule has 1 fully saturated rings. The number of likely N-dealkylation sites (N-methyl/N-ethyl adjacent to an activating group) is 1. The molecule has 0 radical (unpaired) electrons. The van der Waals surface area contributed by atoms with Crippen molar-refractivity contribution in [2.24, 2.45) is 0 Å². The summed E-state index contributed by atoms with van der Waals surface area (Å²) in [6, 6.07) is 2.52. The van der Waals surface area contributed by atoms with E-state index in [0.717, 1.165) is 29.7 Å². The fourth-order valence-electron chi connectivity index (χ4n) is 2.75. The fourth-order valence-corrected chi connectivity index (χ4v) is 3.55. The molecule has 1 unspecified atom stereocenters. The van der Waals surface area contributed by atoms with Gasteiger partial charge in [-0.15, -0.1) is 11.3 Å². The minimum absolute atomic E-state index is 0.470. The summed E-state index contributed by atoms with van der Waals surface area (Å²) < 4.78 is 0. The van der Waals surface area contributed by atoms with Crippen LogP contribution in [0.2, 0.25) is 0 Å². The van der Waals surface area contributed by atoms with Crippen molar-refractivity contribution in [1.29, 1.82) is 0 Å². The molecule has 1 saturated heterocycles. The molecule has 0 saturated carbocycles. The van der Waals surface area contributed by atoms with Gasteiger partial charge >= 0.3 is 0 Å². The minimum Gasteiger partial charge on any atom is -0.355 e. The highest BCUT2D eigenvalue weighted by atomic mass is 32.1. The van der Waals surface area contributed by atoms with Crippen LogP contribution >= 0.6 is 11.3 Å². The van der Waals surface area contributed by atoms with Gasteiger partial charge in [-0.3, -0.25) is 0 Å². The summed E-state index contributed by atoms with van der Waals surface area (Å²) >= 11 is 1.78. The van der Waals surface area contributed by atoms with Crippen molar-refractivity contribution in [2.75, 3.05) is 29.9 Å². The second-order valence-corrected chi connectivity index (χ2v) is 6.84. The van der Waals surface area contributed by atoms with Crippen LogP contribution in [0.3, 0.4) is 0 Å². The average molecular weight is 303 g/mol. The van der Waals surface area contributed by atoms with E-state index in [1.807, 2.05) is 19.2 Å². The van der Waals surface area contributed by atoms with E-state index in [1.165, 1.54) is 17.7 Å². The lowest BCUT2D eigenvalue weighted by molar-refractivity contribution is 0.485. The van der Waals surface area contributed by atoms with Gasteiger partial charge in [0.25, 0.3) is 0 Å². The number of hydrogen-bond acceptors (Lipinski definition) is 6. The van der Waals surface area contributed by atoms with E-state index in [2.05, 4.69) is 38.7 Å². The van der Waals surface area contributed by atoms with Crippen LogP contribution in [0, 0.1) is 13.8 Å². The van der Waals surface area contributed by atoms with Crippen LogP contribution in [0.25, 0.3) is 0 Å². The molecule has 6 heteroatoms. The van der Waals surface area contributed by atoms with Crippen molar-refractivity contribution in [2.45, 2.75) is 32.7 Å². The summed E-state index contributed by atoms with van der Waals surface area (Å²) in [5.74, 6) is 1.00. The van der Waals surface area contributed by atoms with E-state index in [-0.39, 0.29) is 0 Å². The van der Waals surface area contributed by atoms with Crippen LogP contribution in [0.4, 0.5) is 10.9 Å². The molecular formula is C15H21N5S. The average Bonchev–Trinajstić information content (AvgIpc) is 2.93. The third-order valence-corrected chi connectivity index (χ3v) is 4.95. The van der Waals surface area contributed by atoms with E-state index in [4.69, 9.17) is 0 Å². The van der Waals surface area contributed by atoms with Gasteiger partial charge in [-0.25, -0.2) is 15.0 Å². The lowest BCUT2D eigenvalue weighted by Gasteiger charge is -2.38. The predicted octanol–water partition coefficient (Wildman–Crippen LogP) is 2.66. The van der Waals surface area contributed by atoms with Gasteiger partial charge in [0.2, 0.25) is 0 Å². The smallest absolute Gasteiger partial charge is 0.185 e. The molecule has 1 aliphatic heterocycles. The molecule has 2 aromatic heterocycles. The lowest BCUT2D eigenvalue weighted by Crippen LogP contribution is -2.47. The first kappa shape index (κ1) is 14.3. The van der Waals surface area contributed by atoms with Gasteiger partial charge in [-0.1, -0.05) is 0 Å². The highest BCUT2D eigenvalue weighted by Gasteiger charge is 2.25. The van der Waals surface area contributed by atoms with E-state index in [0.29, 0.717) is 6.04 Å². The zero-order valence-electron chi connectivity index (χ0n) is 12.8. The van der Waals surface area contributed by atoms with Crippen LogP contribution in [-0.2, 0) is 0 Å². The van der Waals surface area contributed by atoms with Crippen molar-refractivity contribution in [3.63, 3.8) is 0 Å². The monoisotopic (exact) mass is 303 g/mol. The van der Waals surface area contributed by atoms with E-state index in [9.17, 15) is 0 Å². The second-order valence-electron chi connectivity index (χ2n) is 5.62. The number of hydrogen-bond donors (Lipinski definition) is 0. The fraction of sp³-hybridized carbons (Fsp3) is 0.533. The molecule has 2 aromatic rings. The van der Waals surface area contributed by atoms with E-state index >= 15 is 0 Å². The van der Waals surface area contributed by atoms with Crippen LogP contribution in [0.5, 0.6) is 0 Å². The number of nitrogens with zero attached hydrogens (tertiary/aromatic N) is 5. The second kappa shape index (κ2) is 5.97. The molecule has 112 valence electrons. The predicted molar refractivity (Wildman–Crippen MR) is 87.3 cm³/mol. The molecule has 0 bridgehead atoms. The maximum absolute atomic E-state index is 4.52. The van der Waals surface area contributed by atoms with E-state index < -0.39 is 0 Å². The largest absolute Gasteiger partial charge is 0.355 e. The van der Waals surface area contributed by atoms with E-state index in [1.54, 1.807) is 17.7 Å². The number of aromatic nitrogens is 3. The summed E-state index contributed by atoms with van der Waals surface area (Å²) in [6.07, 6.45) is 5.99. The maximum Gasteiger partial charge on any atom is 0.185 e. The summed E-state index contributed by atoms with van der Waals surface area (Å²) in [7, 11) is 2.13. The van der Waals surface area contributed by atoms with Gasteiger partial charge in [0.15, 0.2) is 5.13 Å². The molecule has 0 N–H and O–H groups in total. The molecule has 0 aliphatic carbocycles. The zero-order chi connectivity index (χ0) is 14.8. The Morgan fingerprint density at radius 3 is 2.86 bits per heavy atom. The Morgan fingerprint density at radius 2 is 2.14 bits per heavy atom. The van der Waals surface area contributed by atoms with Gasteiger partial charge in [-0.2, -0.15) is 0 Å². The maximum atomic E-state index is 4.52. The number of thiazole rings is 1. The van der Waals surface area contributed by atoms with Gasteiger partial charge in [0.1, 0.15) is 12.1 Å². The molecule has 3 rings (SSSR count). The van der Waals surface area contributed by atoms with Crippen molar-refractivity contribution in [3.8, 4) is 0 Å². The molecule has 1 aliphatic rings. The Bertz CT molecular complexity index is 612. The highest BCUT2D eigenvalue weighted by Crippen LogP contribution is 2.27. The first-order valence-electron chi connectivity index (χ1n) is 7.32. The number of rotatable bonds is 3. The van der Waals surface area contributed by atoms with Crippen LogP contribution < -0.4 is 9.80 Å². The Balaban J connectivity index is 1.73. The molecule has 1 atom stereocenters. The van der Waals surface area contributed by atoms with Gasteiger partial charge in [0, 0.05) is 49.0 Å². The molecule has 21 heavy (non-hydrogen) atoms. The molecular weight excluding hydrogens is 282 g/mol. The van der Waals surface area contributed by atoms with Crippen LogP contribution in [0.15, 0.2) is 18.6 Å². The molecule has 0 aromatic carbocycles. The lowest BCUT2D eigenvalue weighted by atomic mass is 10.0. The Morgan fingerprint density at radius 1 is 1.29 bits per heavy atom. The van der Waals surface area contributed by atoms with Crippen molar-refractivity contribution < 1.29 is 0 Å². The van der Waals surface area contributed by atoms with Crippen LogP contribution in [0.1, 0.15) is 23.4 Å². The van der Waals surface area contributed by atoms with Crippen LogP contribution in [-0.4, -0.2) is 41.1 Å². The van der Waals surface area contributed by atoms with Gasteiger partial charge < -0.3 is 9.80 Å². The Kier molecular flexibility index (Phi) is 4.05. The van der Waals surface area contributed by atoms with Crippen molar-refractivity contribution >= 4 is 22.3 Å². The number of piperidine rings is 1. The topological polar surface area (TPSA) is 45.2 Å². The third-order valence-electron chi connectivity index (χ3n) is 3.97.